The molecule has 0 amide bonds. The van der Waals surface area contributed by atoms with Crippen LogP contribution >= 0.6 is 35.7 Å². The highest BCUT2D eigenvalue weighted by atomic mass is 127. The maximum atomic E-state index is 12.2. The molecule has 166 valence electrons. The molecular formula is C21H31IN4O2S2. The van der Waals surface area contributed by atoms with Crippen molar-refractivity contribution in [2.75, 3.05) is 25.1 Å². The Bertz CT molecular complexity index is 906. The van der Waals surface area contributed by atoms with Crippen molar-refractivity contribution in [1.82, 2.24) is 15.4 Å². The lowest BCUT2D eigenvalue weighted by atomic mass is 10.1. The molecule has 0 radical (unpaired) electrons. The minimum atomic E-state index is -3.37. The first-order chi connectivity index (χ1) is 13.9. The number of benzene rings is 2. The summed E-state index contributed by atoms with van der Waals surface area (Å²) in [6.45, 7) is 5.86. The zero-order chi connectivity index (χ0) is 21.1. The Kier molecular flexibility index (Phi) is 12.4. The van der Waals surface area contributed by atoms with Crippen LogP contribution in [0.25, 0.3) is 0 Å². The van der Waals surface area contributed by atoms with Crippen LogP contribution in [0.2, 0.25) is 0 Å². The lowest BCUT2D eigenvalue weighted by Crippen LogP contribution is -2.41. The van der Waals surface area contributed by atoms with E-state index in [1.807, 2.05) is 37.3 Å². The van der Waals surface area contributed by atoms with E-state index in [-0.39, 0.29) is 36.3 Å². The van der Waals surface area contributed by atoms with Crippen molar-refractivity contribution in [3.8, 4) is 0 Å². The number of nitrogens with zero attached hydrogens (tertiary/aromatic N) is 1. The zero-order valence-electron chi connectivity index (χ0n) is 17.6. The number of hydrogen-bond donors (Lipinski definition) is 3. The summed E-state index contributed by atoms with van der Waals surface area (Å²) >= 11 is 1.70. The van der Waals surface area contributed by atoms with Gasteiger partial charge < -0.3 is 10.6 Å². The molecule has 0 heterocycles. The molecule has 0 atom stereocenters. The van der Waals surface area contributed by atoms with Crippen molar-refractivity contribution in [2.24, 2.45) is 4.99 Å². The van der Waals surface area contributed by atoms with Crippen molar-refractivity contribution in [3.05, 3.63) is 65.2 Å². The molecule has 0 aliphatic rings. The molecule has 0 aromatic heterocycles. The Morgan fingerprint density at radius 1 is 1.10 bits per heavy atom. The molecule has 0 saturated carbocycles. The van der Waals surface area contributed by atoms with Crippen LogP contribution in [0.1, 0.15) is 23.6 Å². The maximum absolute atomic E-state index is 12.2. The van der Waals surface area contributed by atoms with Gasteiger partial charge in [-0.2, -0.15) is 0 Å². The summed E-state index contributed by atoms with van der Waals surface area (Å²) in [6.07, 6.45) is 2.05. The second-order valence-electron chi connectivity index (χ2n) is 6.56. The highest BCUT2D eigenvalue weighted by Crippen LogP contribution is 2.22. The minimum absolute atomic E-state index is 0. The highest BCUT2D eigenvalue weighted by molar-refractivity contribution is 14.0. The first-order valence-electron chi connectivity index (χ1n) is 9.60. The Morgan fingerprint density at radius 3 is 2.50 bits per heavy atom. The molecule has 0 fully saturated rings. The van der Waals surface area contributed by atoms with Crippen LogP contribution < -0.4 is 15.4 Å². The number of hydrogen-bond acceptors (Lipinski definition) is 4. The number of aliphatic imine (C=N–C) groups is 1. The van der Waals surface area contributed by atoms with E-state index in [4.69, 9.17) is 0 Å². The fraction of sp³-hybridized carbons (Fsp3) is 0.381. The summed E-state index contributed by atoms with van der Waals surface area (Å²) in [5.74, 6) is 0.587. The Hall–Kier alpha value is -1.30. The van der Waals surface area contributed by atoms with E-state index < -0.39 is 10.0 Å². The molecule has 3 N–H and O–H groups in total. The standard InChI is InChI=1S/C21H30N4O2S2.HI/c1-4-22-21(24-16-19-11-10-17(2)14-20(19)28-3)23-12-13-29(26,27)25-15-18-8-6-5-7-9-18;/h5-11,14,25H,4,12-13,15-16H2,1-3H3,(H2,22,23,24);1H. The van der Waals surface area contributed by atoms with Gasteiger partial charge in [-0.3, -0.25) is 0 Å². The summed E-state index contributed by atoms with van der Waals surface area (Å²) in [5.41, 5.74) is 3.31. The summed E-state index contributed by atoms with van der Waals surface area (Å²) < 4.78 is 27.1. The van der Waals surface area contributed by atoms with Crippen molar-refractivity contribution >= 4 is 51.7 Å². The number of guanidine groups is 1. The molecule has 0 unspecified atom stereocenters. The van der Waals surface area contributed by atoms with E-state index in [2.05, 4.69) is 51.7 Å². The lowest BCUT2D eigenvalue weighted by molar-refractivity contribution is 0.580. The predicted molar refractivity (Wildman–Crippen MR) is 138 cm³/mol. The summed E-state index contributed by atoms with van der Waals surface area (Å²) in [4.78, 5) is 5.81. The van der Waals surface area contributed by atoms with E-state index >= 15 is 0 Å². The van der Waals surface area contributed by atoms with Crippen molar-refractivity contribution in [2.45, 2.75) is 31.8 Å². The lowest BCUT2D eigenvalue weighted by Gasteiger charge is -2.13. The predicted octanol–water partition coefficient (Wildman–Crippen LogP) is 3.51. The van der Waals surface area contributed by atoms with E-state index in [1.165, 1.54) is 10.5 Å². The van der Waals surface area contributed by atoms with Gasteiger partial charge in [-0.15, -0.1) is 35.7 Å². The normalized spacial score (nSPS) is 11.6. The van der Waals surface area contributed by atoms with Crippen LogP contribution in [0, 0.1) is 6.92 Å². The molecule has 30 heavy (non-hydrogen) atoms. The Morgan fingerprint density at radius 2 is 1.83 bits per heavy atom. The van der Waals surface area contributed by atoms with E-state index in [9.17, 15) is 8.42 Å². The van der Waals surface area contributed by atoms with Crippen molar-refractivity contribution in [1.29, 1.82) is 0 Å². The SMILES string of the molecule is CCNC(=NCc1ccc(C)cc1SC)NCCS(=O)(=O)NCc1ccccc1.I. The summed E-state index contributed by atoms with van der Waals surface area (Å²) in [6, 6.07) is 15.8. The average molecular weight is 563 g/mol. The van der Waals surface area contributed by atoms with Gasteiger partial charge in [-0.1, -0.05) is 42.5 Å². The second kappa shape index (κ2) is 13.9. The molecule has 2 rings (SSSR count). The smallest absolute Gasteiger partial charge is 0.213 e. The zero-order valence-corrected chi connectivity index (χ0v) is 21.6. The third-order valence-electron chi connectivity index (χ3n) is 4.20. The van der Waals surface area contributed by atoms with Gasteiger partial charge in [0, 0.05) is 24.5 Å². The van der Waals surface area contributed by atoms with Gasteiger partial charge in [0.15, 0.2) is 5.96 Å². The molecule has 0 saturated heterocycles. The van der Waals surface area contributed by atoms with Crippen LogP contribution in [0.5, 0.6) is 0 Å². The molecule has 2 aromatic rings. The first kappa shape index (κ1) is 26.7. The van der Waals surface area contributed by atoms with Crippen LogP contribution in [0.3, 0.4) is 0 Å². The quantitative estimate of drug-likeness (QED) is 0.179. The van der Waals surface area contributed by atoms with Gasteiger partial charge in [-0.05, 0) is 42.9 Å². The molecular weight excluding hydrogens is 531 g/mol. The molecule has 0 spiro atoms. The monoisotopic (exact) mass is 562 g/mol. The van der Waals surface area contributed by atoms with E-state index in [1.54, 1.807) is 11.8 Å². The molecule has 0 aliphatic heterocycles. The highest BCUT2D eigenvalue weighted by Gasteiger charge is 2.10. The Balaban J connectivity index is 0.00000450. The molecule has 6 nitrogen and oxygen atoms in total. The van der Waals surface area contributed by atoms with Gasteiger partial charge >= 0.3 is 0 Å². The molecule has 0 bridgehead atoms. The largest absolute Gasteiger partial charge is 0.357 e. The fourth-order valence-electron chi connectivity index (χ4n) is 2.65. The van der Waals surface area contributed by atoms with Crippen LogP contribution in [0.15, 0.2) is 58.4 Å². The van der Waals surface area contributed by atoms with Crippen molar-refractivity contribution < 1.29 is 8.42 Å². The van der Waals surface area contributed by atoms with E-state index in [0.29, 0.717) is 25.6 Å². The average Bonchev–Trinajstić information content (AvgIpc) is 2.72. The van der Waals surface area contributed by atoms with Crippen LogP contribution in [-0.2, 0) is 23.1 Å². The minimum Gasteiger partial charge on any atom is -0.357 e. The maximum Gasteiger partial charge on any atom is 0.213 e. The van der Waals surface area contributed by atoms with Gasteiger partial charge in [-0.25, -0.2) is 18.1 Å². The fourth-order valence-corrected chi connectivity index (χ4v) is 4.25. The van der Waals surface area contributed by atoms with Gasteiger partial charge in [0.25, 0.3) is 0 Å². The summed E-state index contributed by atoms with van der Waals surface area (Å²) in [7, 11) is -3.37. The number of halogens is 1. The topological polar surface area (TPSA) is 82.6 Å². The number of thioether (sulfide) groups is 1. The number of sulfonamides is 1. The van der Waals surface area contributed by atoms with Crippen molar-refractivity contribution in [3.63, 3.8) is 0 Å². The second-order valence-corrected chi connectivity index (χ2v) is 9.34. The Labute approximate surface area is 201 Å². The first-order valence-corrected chi connectivity index (χ1v) is 12.5. The van der Waals surface area contributed by atoms with E-state index in [0.717, 1.165) is 11.1 Å². The third kappa shape index (κ3) is 9.67. The number of nitrogens with one attached hydrogen (secondary N) is 3. The summed E-state index contributed by atoms with van der Waals surface area (Å²) in [5, 5.41) is 6.27. The molecule has 0 aliphatic carbocycles. The van der Waals surface area contributed by atoms with Gasteiger partial charge in [0.05, 0.1) is 12.3 Å². The van der Waals surface area contributed by atoms with Crippen LogP contribution in [0.4, 0.5) is 0 Å². The van der Waals surface area contributed by atoms with Gasteiger partial charge in [0.2, 0.25) is 10.0 Å². The molecule has 2 aromatic carbocycles. The molecule has 9 heteroatoms. The number of aryl methyl sites for hydroxylation is 1. The van der Waals surface area contributed by atoms with Crippen LogP contribution in [-0.4, -0.2) is 39.5 Å². The number of rotatable bonds is 10. The third-order valence-corrected chi connectivity index (χ3v) is 6.34. The van der Waals surface area contributed by atoms with Gasteiger partial charge in [0.1, 0.15) is 0 Å².